The molecule has 0 heterocycles. The molecule has 0 spiro atoms. The molecule has 6 nitrogen and oxygen atoms in total. The van der Waals surface area contributed by atoms with E-state index in [1.54, 1.807) is 30.1 Å². The van der Waals surface area contributed by atoms with Crippen LogP contribution in [0, 0.1) is 0 Å². The van der Waals surface area contributed by atoms with Gasteiger partial charge >= 0.3 is 0 Å². The van der Waals surface area contributed by atoms with Crippen molar-refractivity contribution in [1.29, 1.82) is 0 Å². The summed E-state index contributed by atoms with van der Waals surface area (Å²) in [5.41, 5.74) is 9.58. The number of amides is 2. The molecule has 0 radical (unpaired) electrons. The number of benzene rings is 4. The van der Waals surface area contributed by atoms with Gasteiger partial charge in [0.2, 0.25) is 11.8 Å². The van der Waals surface area contributed by atoms with Crippen molar-refractivity contribution in [2.75, 3.05) is 12.4 Å². The zero-order valence-electron chi connectivity index (χ0n) is 21.1. The van der Waals surface area contributed by atoms with Gasteiger partial charge in [-0.1, -0.05) is 103 Å². The summed E-state index contributed by atoms with van der Waals surface area (Å²) in [6.07, 6.45) is 0. The zero-order chi connectivity index (χ0) is 26.9. The van der Waals surface area contributed by atoms with Crippen LogP contribution in [0.2, 0.25) is 0 Å². The average molecular weight is 523 g/mol. The summed E-state index contributed by atoms with van der Waals surface area (Å²) in [6.45, 7) is 0.400. The fraction of sp³-hybridized carbons (Fsp3) is 0.129. The van der Waals surface area contributed by atoms with Gasteiger partial charge in [0.25, 0.3) is 0 Å². The molecular weight excluding hydrogens is 492 g/mol. The van der Waals surface area contributed by atoms with Crippen molar-refractivity contribution in [3.63, 3.8) is 0 Å². The molecule has 192 valence electrons. The van der Waals surface area contributed by atoms with E-state index in [1.807, 2.05) is 97.1 Å². The van der Waals surface area contributed by atoms with Gasteiger partial charge < -0.3 is 21.3 Å². The Hall–Kier alpha value is -4.49. The number of carbonyl (C=O) groups is 2. The van der Waals surface area contributed by atoms with Gasteiger partial charge in [-0.15, -0.1) is 0 Å². The second kappa shape index (κ2) is 12.7. The lowest BCUT2D eigenvalue weighted by Gasteiger charge is -2.27. The lowest BCUT2D eigenvalue weighted by molar-refractivity contribution is -0.136. The molecule has 4 rings (SSSR count). The molecule has 0 saturated carbocycles. The molecule has 4 aromatic carbocycles. The Morgan fingerprint density at radius 1 is 0.789 bits per heavy atom. The molecule has 7 heteroatoms. The fourth-order valence-electron chi connectivity index (χ4n) is 4.39. The number of likely N-dealkylation sites (N-methyl/N-ethyl adjacent to an activating group) is 1. The number of hydrogen-bond acceptors (Lipinski definition) is 3. The van der Waals surface area contributed by atoms with Crippen LogP contribution >= 0.6 is 12.2 Å². The highest BCUT2D eigenvalue weighted by molar-refractivity contribution is 7.80. The molecule has 0 aliphatic carbocycles. The SMILES string of the molecule is CN(Cc1ccccc1)C(=O)[C@H](NC(=O)C(c1ccccc1)c1ccccc1)c1cccc(NC(N)=S)c1. The Kier molecular flexibility index (Phi) is 8.85. The third-order valence-corrected chi connectivity index (χ3v) is 6.29. The van der Waals surface area contributed by atoms with Crippen molar-refractivity contribution in [2.45, 2.75) is 18.5 Å². The van der Waals surface area contributed by atoms with Gasteiger partial charge in [0.15, 0.2) is 5.11 Å². The molecule has 4 N–H and O–H groups in total. The van der Waals surface area contributed by atoms with E-state index < -0.39 is 12.0 Å². The number of rotatable bonds is 9. The van der Waals surface area contributed by atoms with Gasteiger partial charge in [0, 0.05) is 19.3 Å². The topological polar surface area (TPSA) is 87.5 Å². The fourth-order valence-corrected chi connectivity index (χ4v) is 4.51. The minimum absolute atomic E-state index is 0.114. The first-order chi connectivity index (χ1) is 18.4. The van der Waals surface area contributed by atoms with Crippen LogP contribution < -0.4 is 16.4 Å². The Morgan fingerprint density at radius 2 is 1.32 bits per heavy atom. The van der Waals surface area contributed by atoms with Crippen molar-refractivity contribution in [3.05, 3.63) is 138 Å². The zero-order valence-corrected chi connectivity index (χ0v) is 21.9. The maximum Gasteiger partial charge on any atom is 0.249 e. The van der Waals surface area contributed by atoms with Gasteiger partial charge in [0.05, 0.1) is 5.92 Å². The molecule has 38 heavy (non-hydrogen) atoms. The van der Waals surface area contributed by atoms with Gasteiger partial charge in [-0.25, -0.2) is 0 Å². The highest BCUT2D eigenvalue weighted by atomic mass is 32.1. The van der Waals surface area contributed by atoms with Crippen molar-refractivity contribution < 1.29 is 9.59 Å². The number of anilines is 1. The number of nitrogens with zero attached hydrogens (tertiary/aromatic N) is 1. The van der Waals surface area contributed by atoms with Crippen LogP contribution in [-0.2, 0) is 16.1 Å². The Labute approximate surface area is 228 Å². The van der Waals surface area contributed by atoms with Crippen LogP contribution in [0.5, 0.6) is 0 Å². The lowest BCUT2D eigenvalue weighted by Crippen LogP contribution is -2.43. The summed E-state index contributed by atoms with van der Waals surface area (Å²) < 4.78 is 0. The second-order valence-electron chi connectivity index (χ2n) is 8.99. The van der Waals surface area contributed by atoms with Gasteiger partial charge in [-0.2, -0.15) is 0 Å². The standard InChI is InChI=1S/C31H30N4O2S/c1-35(21-22-12-5-2-6-13-22)30(37)28(25-18-11-19-26(20-25)33-31(32)38)34-29(36)27(23-14-7-3-8-15-23)24-16-9-4-10-17-24/h2-20,27-28H,21H2,1H3,(H,34,36)(H3,32,33,38)/t28-/m1/s1. The number of carbonyl (C=O) groups excluding carboxylic acids is 2. The quantitative estimate of drug-likeness (QED) is 0.270. The molecule has 0 bridgehead atoms. The van der Waals surface area contributed by atoms with Crippen molar-refractivity contribution in [1.82, 2.24) is 10.2 Å². The highest BCUT2D eigenvalue weighted by Crippen LogP contribution is 2.27. The van der Waals surface area contributed by atoms with Crippen molar-refractivity contribution in [3.8, 4) is 0 Å². The van der Waals surface area contributed by atoms with Crippen LogP contribution in [0.1, 0.15) is 34.2 Å². The molecule has 0 aliphatic heterocycles. The predicted octanol–water partition coefficient (Wildman–Crippen LogP) is 4.99. The van der Waals surface area contributed by atoms with E-state index in [4.69, 9.17) is 18.0 Å². The summed E-state index contributed by atoms with van der Waals surface area (Å²) in [5.74, 6) is -1.11. The van der Waals surface area contributed by atoms with Gasteiger partial charge in [-0.05, 0) is 46.6 Å². The predicted molar refractivity (Wildman–Crippen MR) is 155 cm³/mol. The van der Waals surface area contributed by atoms with E-state index >= 15 is 0 Å². The van der Waals surface area contributed by atoms with Crippen LogP contribution in [0.25, 0.3) is 0 Å². The smallest absolute Gasteiger partial charge is 0.249 e. The lowest BCUT2D eigenvalue weighted by atomic mass is 9.90. The van der Waals surface area contributed by atoms with E-state index in [9.17, 15) is 9.59 Å². The van der Waals surface area contributed by atoms with Gasteiger partial charge in [0.1, 0.15) is 6.04 Å². The number of thiocarbonyl (C=S) groups is 1. The third kappa shape index (κ3) is 6.83. The molecule has 0 aromatic heterocycles. The summed E-state index contributed by atoms with van der Waals surface area (Å²) in [6, 6.07) is 35.1. The Morgan fingerprint density at radius 3 is 1.87 bits per heavy atom. The van der Waals surface area contributed by atoms with Crippen LogP contribution in [0.4, 0.5) is 5.69 Å². The molecule has 0 fully saturated rings. The van der Waals surface area contributed by atoms with Crippen LogP contribution in [0.15, 0.2) is 115 Å². The van der Waals surface area contributed by atoms with Crippen LogP contribution in [-0.4, -0.2) is 28.9 Å². The molecule has 1 atom stereocenters. The van der Waals surface area contributed by atoms with E-state index in [0.29, 0.717) is 17.8 Å². The summed E-state index contributed by atoms with van der Waals surface area (Å²) in [7, 11) is 1.73. The first kappa shape index (κ1) is 26.6. The Bertz CT molecular complexity index is 1340. The molecule has 4 aromatic rings. The third-order valence-electron chi connectivity index (χ3n) is 6.19. The monoisotopic (exact) mass is 522 g/mol. The molecule has 0 aliphatic rings. The molecule has 0 unspecified atom stereocenters. The second-order valence-corrected chi connectivity index (χ2v) is 9.43. The maximum absolute atomic E-state index is 13.9. The number of hydrogen-bond donors (Lipinski definition) is 3. The largest absolute Gasteiger partial charge is 0.376 e. The van der Waals surface area contributed by atoms with E-state index in [1.165, 1.54) is 0 Å². The molecular formula is C31H30N4O2S. The summed E-state index contributed by atoms with van der Waals surface area (Å²) in [4.78, 5) is 29.4. The Balaban J connectivity index is 1.69. The maximum atomic E-state index is 13.9. The molecule has 0 saturated heterocycles. The van der Waals surface area contributed by atoms with E-state index in [-0.39, 0.29) is 16.9 Å². The minimum Gasteiger partial charge on any atom is -0.376 e. The summed E-state index contributed by atoms with van der Waals surface area (Å²) >= 11 is 4.99. The minimum atomic E-state index is -0.931. The molecule has 2 amide bonds. The first-order valence-electron chi connectivity index (χ1n) is 12.3. The van der Waals surface area contributed by atoms with Crippen molar-refractivity contribution >= 4 is 34.8 Å². The average Bonchev–Trinajstić information content (AvgIpc) is 2.93. The van der Waals surface area contributed by atoms with Crippen molar-refractivity contribution in [2.24, 2.45) is 5.73 Å². The number of nitrogens with one attached hydrogen (secondary N) is 2. The van der Waals surface area contributed by atoms with E-state index in [2.05, 4.69) is 10.6 Å². The highest BCUT2D eigenvalue weighted by Gasteiger charge is 2.30. The first-order valence-corrected chi connectivity index (χ1v) is 12.7. The normalized spacial score (nSPS) is 11.4. The van der Waals surface area contributed by atoms with Gasteiger partial charge in [-0.3, -0.25) is 9.59 Å². The number of nitrogens with two attached hydrogens (primary N) is 1. The summed E-state index contributed by atoms with van der Waals surface area (Å²) in [5, 5.41) is 6.08. The van der Waals surface area contributed by atoms with E-state index in [0.717, 1.165) is 16.7 Å². The van der Waals surface area contributed by atoms with Crippen LogP contribution in [0.3, 0.4) is 0 Å².